The molecule has 2 amide bonds. The van der Waals surface area contributed by atoms with E-state index in [0.29, 0.717) is 17.0 Å². The van der Waals surface area contributed by atoms with E-state index < -0.39 is 0 Å². The Morgan fingerprint density at radius 3 is 2.04 bits per heavy atom. The van der Waals surface area contributed by atoms with Gasteiger partial charge in [0.05, 0.1) is 17.6 Å². The molecule has 0 saturated carbocycles. The van der Waals surface area contributed by atoms with Crippen molar-refractivity contribution in [3.8, 4) is 5.75 Å². The van der Waals surface area contributed by atoms with E-state index in [9.17, 15) is 9.59 Å². The molecule has 0 fully saturated rings. The van der Waals surface area contributed by atoms with E-state index in [1.54, 1.807) is 7.11 Å². The van der Waals surface area contributed by atoms with Gasteiger partial charge in [0.25, 0.3) is 11.8 Å². The van der Waals surface area contributed by atoms with Gasteiger partial charge in [-0.05, 0) is 29.9 Å². The molecule has 0 aromatic heterocycles. The van der Waals surface area contributed by atoms with Crippen LogP contribution >= 0.6 is 11.8 Å². The number of carbonyl (C=O) groups excluding carboxylic acids is 2. The Morgan fingerprint density at radius 2 is 1.46 bits per heavy atom. The molecule has 28 heavy (non-hydrogen) atoms. The highest BCUT2D eigenvalue weighted by molar-refractivity contribution is 8.04. The number of carbonyl (C=O) groups is 2. The first kappa shape index (κ1) is 22.5. The summed E-state index contributed by atoms with van der Waals surface area (Å²) in [4.78, 5) is 27.9. The first-order valence-electron chi connectivity index (χ1n) is 10.5. The van der Waals surface area contributed by atoms with Gasteiger partial charge in [-0.15, -0.1) is 11.8 Å². The molecule has 1 heterocycles. The van der Waals surface area contributed by atoms with E-state index in [0.717, 1.165) is 29.9 Å². The van der Waals surface area contributed by atoms with E-state index in [1.807, 2.05) is 31.2 Å². The van der Waals surface area contributed by atoms with Crippen molar-refractivity contribution >= 4 is 29.1 Å². The van der Waals surface area contributed by atoms with Gasteiger partial charge in [0, 0.05) is 6.54 Å². The van der Waals surface area contributed by atoms with Gasteiger partial charge in [-0.1, -0.05) is 70.9 Å². The first-order valence-corrected chi connectivity index (χ1v) is 11.5. The number of nitrogens with zero attached hydrogens (tertiary/aromatic N) is 1. The van der Waals surface area contributed by atoms with Crippen LogP contribution in [0.15, 0.2) is 29.2 Å². The average molecular weight is 404 g/mol. The normalized spacial score (nSPS) is 14.3. The van der Waals surface area contributed by atoms with Crippen molar-refractivity contribution in [1.29, 1.82) is 0 Å². The van der Waals surface area contributed by atoms with Crippen LogP contribution in [0.4, 0.5) is 0 Å². The van der Waals surface area contributed by atoms with Crippen LogP contribution in [0.25, 0.3) is 5.57 Å². The summed E-state index contributed by atoms with van der Waals surface area (Å²) < 4.78 is 5.20. The number of methoxy groups -OCH3 is 1. The summed E-state index contributed by atoms with van der Waals surface area (Å²) in [6.45, 7) is 4.74. The molecule has 0 aliphatic carbocycles. The molecule has 0 atom stereocenters. The molecule has 1 aliphatic heterocycles. The van der Waals surface area contributed by atoms with Gasteiger partial charge in [0.2, 0.25) is 0 Å². The van der Waals surface area contributed by atoms with Gasteiger partial charge < -0.3 is 4.74 Å². The summed E-state index contributed by atoms with van der Waals surface area (Å²) in [7, 11) is 1.61. The van der Waals surface area contributed by atoms with Gasteiger partial charge in [-0.2, -0.15) is 0 Å². The molecule has 0 N–H and O–H groups in total. The van der Waals surface area contributed by atoms with Gasteiger partial charge >= 0.3 is 0 Å². The Morgan fingerprint density at radius 1 is 0.857 bits per heavy atom. The predicted octanol–water partition coefficient (Wildman–Crippen LogP) is 5.67. The minimum absolute atomic E-state index is 0.134. The minimum Gasteiger partial charge on any atom is -0.497 e. The molecule has 4 nitrogen and oxygen atoms in total. The number of hydrogen-bond donors (Lipinski definition) is 0. The molecule has 1 aromatic rings. The van der Waals surface area contributed by atoms with Gasteiger partial charge in [-0.25, -0.2) is 0 Å². The highest BCUT2D eigenvalue weighted by Gasteiger charge is 2.38. The van der Waals surface area contributed by atoms with E-state index >= 15 is 0 Å². The summed E-state index contributed by atoms with van der Waals surface area (Å²) in [5.74, 6) is 1.21. The number of unbranched alkanes of at least 4 members (excludes halogenated alkanes) is 7. The zero-order chi connectivity index (χ0) is 20.4. The van der Waals surface area contributed by atoms with Crippen LogP contribution in [0.5, 0.6) is 5.75 Å². The van der Waals surface area contributed by atoms with Crippen LogP contribution in [-0.2, 0) is 9.59 Å². The SMILES string of the molecule is CCCCCCCCCCN1C(=O)C(SCC)=C(c2ccc(OC)cc2)C1=O. The van der Waals surface area contributed by atoms with Crippen LogP contribution in [0.3, 0.4) is 0 Å². The van der Waals surface area contributed by atoms with Crippen LogP contribution in [-0.4, -0.2) is 36.1 Å². The lowest BCUT2D eigenvalue weighted by atomic mass is 10.1. The second kappa shape index (κ2) is 11.9. The monoisotopic (exact) mass is 403 g/mol. The number of benzene rings is 1. The number of ether oxygens (including phenoxy) is 1. The Balaban J connectivity index is 1.96. The summed E-state index contributed by atoms with van der Waals surface area (Å²) in [5.41, 5.74) is 1.33. The third-order valence-corrected chi connectivity index (χ3v) is 5.98. The molecule has 1 aliphatic rings. The molecule has 0 bridgehead atoms. The second-order valence-corrected chi connectivity index (χ2v) is 8.38. The zero-order valence-electron chi connectivity index (χ0n) is 17.5. The van der Waals surface area contributed by atoms with E-state index in [2.05, 4.69) is 6.92 Å². The van der Waals surface area contributed by atoms with E-state index in [1.165, 1.54) is 55.2 Å². The summed E-state index contributed by atoms with van der Waals surface area (Å²) >= 11 is 1.46. The van der Waals surface area contributed by atoms with Gasteiger partial charge in [0.15, 0.2) is 0 Å². The molecule has 0 unspecified atom stereocenters. The van der Waals surface area contributed by atoms with Crippen LogP contribution in [0, 0.1) is 0 Å². The highest BCUT2D eigenvalue weighted by atomic mass is 32.2. The highest BCUT2D eigenvalue weighted by Crippen LogP contribution is 2.36. The fraction of sp³-hybridized carbons (Fsp3) is 0.565. The maximum Gasteiger partial charge on any atom is 0.267 e. The van der Waals surface area contributed by atoms with E-state index in [4.69, 9.17) is 4.74 Å². The standard InChI is InChI=1S/C23H33NO3S/c1-4-6-7-8-9-10-11-12-17-24-22(25)20(21(23(24)26)28-5-2)18-13-15-19(27-3)16-14-18/h13-16H,4-12,17H2,1-3H3. The van der Waals surface area contributed by atoms with Crippen molar-refractivity contribution in [2.75, 3.05) is 19.4 Å². The quantitative estimate of drug-likeness (QED) is 0.314. The third kappa shape index (κ3) is 5.87. The maximum atomic E-state index is 13.0. The largest absolute Gasteiger partial charge is 0.497 e. The fourth-order valence-electron chi connectivity index (χ4n) is 3.45. The van der Waals surface area contributed by atoms with Crippen molar-refractivity contribution in [3.63, 3.8) is 0 Å². The first-order chi connectivity index (χ1) is 13.6. The lowest BCUT2D eigenvalue weighted by Gasteiger charge is -2.15. The zero-order valence-corrected chi connectivity index (χ0v) is 18.3. The Bertz CT molecular complexity index is 682. The summed E-state index contributed by atoms with van der Waals surface area (Å²) in [5, 5.41) is 0. The molecule has 0 radical (unpaired) electrons. The number of amides is 2. The smallest absolute Gasteiger partial charge is 0.267 e. The molecule has 2 rings (SSSR count). The number of imide groups is 1. The lowest BCUT2D eigenvalue weighted by Crippen LogP contribution is -2.32. The topological polar surface area (TPSA) is 46.6 Å². The molecule has 0 saturated heterocycles. The molecular formula is C23H33NO3S. The summed E-state index contributed by atoms with van der Waals surface area (Å²) in [6.07, 6.45) is 9.55. The molecule has 154 valence electrons. The number of rotatable bonds is 13. The Kier molecular flexibility index (Phi) is 9.62. The predicted molar refractivity (Wildman–Crippen MR) is 117 cm³/mol. The maximum absolute atomic E-state index is 13.0. The molecular weight excluding hydrogens is 370 g/mol. The average Bonchev–Trinajstić information content (AvgIpc) is 2.94. The number of thioether (sulfide) groups is 1. The van der Waals surface area contributed by atoms with Crippen LogP contribution in [0.1, 0.15) is 70.8 Å². The lowest BCUT2D eigenvalue weighted by molar-refractivity contribution is -0.136. The van der Waals surface area contributed by atoms with Crippen molar-refractivity contribution in [3.05, 3.63) is 34.7 Å². The third-order valence-electron chi connectivity index (χ3n) is 5.03. The Hall–Kier alpha value is -1.75. The minimum atomic E-state index is -0.158. The summed E-state index contributed by atoms with van der Waals surface area (Å²) in [6, 6.07) is 7.37. The number of hydrogen-bond acceptors (Lipinski definition) is 4. The molecule has 1 aromatic carbocycles. The fourth-order valence-corrected chi connectivity index (χ4v) is 4.32. The van der Waals surface area contributed by atoms with Gasteiger partial charge in [-0.3, -0.25) is 14.5 Å². The van der Waals surface area contributed by atoms with Gasteiger partial charge in [0.1, 0.15) is 5.75 Å². The molecule has 0 spiro atoms. The van der Waals surface area contributed by atoms with Crippen molar-refractivity contribution in [1.82, 2.24) is 4.90 Å². The van der Waals surface area contributed by atoms with Crippen LogP contribution in [0.2, 0.25) is 0 Å². The van der Waals surface area contributed by atoms with Crippen molar-refractivity contribution < 1.29 is 14.3 Å². The molecule has 5 heteroatoms. The van der Waals surface area contributed by atoms with E-state index in [-0.39, 0.29) is 11.8 Å². The second-order valence-electron chi connectivity index (χ2n) is 7.10. The Labute approximate surface area is 173 Å². The van der Waals surface area contributed by atoms with Crippen molar-refractivity contribution in [2.45, 2.75) is 65.2 Å². The van der Waals surface area contributed by atoms with Crippen molar-refractivity contribution in [2.24, 2.45) is 0 Å². The van der Waals surface area contributed by atoms with Crippen LogP contribution < -0.4 is 4.74 Å².